The molecule has 2 aliphatic rings. The molecule has 0 aromatic carbocycles. The molecule has 0 spiro atoms. The van der Waals surface area contributed by atoms with E-state index in [9.17, 15) is 0 Å². The zero-order chi connectivity index (χ0) is 8.72. The van der Waals surface area contributed by atoms with Crippen LogP contribution in [0.3, 0.4) is 0 Å². The van der Waals surface area contributed by atoms with E-state index in [1.807, 2.05) is 0 Å². The van der Waals surface area contributed by atoms with Crippen LogP contribution in [0.4, 0.5) is 0 Å². The minimum atomic E-state index is 0.903. The molecule has 3 atom stereocenters. The Hall–Kier alpha value is 0. The highest BCUT2D eigenvalue weighted by Gasteiger charge is 2.49. The molecular formula is C12H22. The first-order valence-electron chi connectivity index (χ1n) is 5.68. The Bertz CT molecular complexity index is 155. The van der Waals surface area contributed by atoms with E-state index in [2.05, 4.69) is 20.8 Å². The van der Waals surface area contributed by atoms with Crippen LogP contribution in [0.15, 0.2) is 0 Å². The molecule has 0 aromatic heterocycles. The average Bonchev–Trinajstić information content (AvgIpc) is 2.81. The van der Waals surface area contributed by atoms with E-state index in [1.54, 1.807) is 19.3 Å². The molecule has 12 heavy (non-hydrogen) atoms. The second kappa shape index (κ2) is 3.05. The highest BCUT2D eigenvalue weighted by molar-refractivity contribution is 4.98. The smallest absolute Gasteiger partial charge is 0.0352 e. The summed E-state index contributed by atoms with van der Waals surface area (Å²) in [5, 5.41) is 0. The molecule has 0 amide bonds. The van der Waals surface area contributed by atoms with Gasteiger partial charge in [-0.05, 0) is 55.3 Å². The van der Waals surface area contributed by atoms with Gasteiger partial charge in [-0.15, -0.1) is 0 Å². The summed E-state index contributed by atoms with van der Waals surface area (Å²) in [6, 6.07) is 0. The van der Waals surface area contributed by atoms with E-state index in [-0.39, 0.29) is 0 Å². The summed E-state index contributed by atoms with van der Waals surface area (Å²) >= 11 is 0. The van der Waals surface area contributed by atoms with Crippen molar-refractivity contribution in [3.05, 3.63) is 0 Å². The summed E-state index contributed by atoms with van der Waals surface area (Å²) in [6.45, 7) is 7.17. The maximum Gasteiger partial charge on any atom is -0.0352 e. The lowest BCUT2D eigenvalue weighted by Crippen LogP contribution is -2.04. The van der Waals surface area contributed by atoms with E-state index in [0.29, 0.717) is 0 Å². The molecule has 0 heterocycles. The van der Waals surface area contributed by atoms with E-state index in [1.165, 1.54) is 18.3 Å². The third-order valence-electron chi connectivity index (χ3n) is 3.69. The van der Waals surface area contributed by atoms with Crippen LogP contribution in [-0.4, -0.2) is 0 Å². The molecule has 2 fully saturated rings. The second-order valence-electron chi connectivity index (χ2n) is 5.51. The Labute approximate surface area is 76.7 Å². The number of hydrogen-bond donors (Lipinski definition) is 0. The molecule has 0 N–H and O–H groups in total. The molecule has 2 aliphatic carbocycles. The number of rotatable bonds is 4. The SMILES string of the molecule is CC(C)CC(C)C1CC1C1CC1. The van der Waals surface area contributed by atoms with Crippen molar-refractivity contribution in [3.63, 3.8) is 0 Å². The largest absolute Gasteiger partial charge is 0.0628 e. The van der Waals surface area contributed by atoms with Gasteiger partial charge >= 0.3 is 0 Å². The zero-order valence-electron chi connectivity index (χ0n) is 8.72. The summed E-state index contributed by atoms with van der Waals surface area (Å²) in [6.07, 6.45) is 6.12. The standard InChI is InChI=1S/C12H22/c1-8(2)6-9(3)11-7-12(11)10-4-5-10/h8-12H,4-7H2,1-3H3. The van der Waals surface area contributed by atoms with E-state index in [4.69, 9.17) is 0 Å². The van der Waals surface area contributed by atoms with Gasteiger partial charge in [0.05, 0.1) is 0 Å². The molecule has 3 unspecified atom stereocenters. The van der Waals surface area contributed by atoms with E-state index in [0.717, 1.165) is 17.8 Å². The van der Waals surface area contributed by atoms with Crippen molar-refractivity contribution < 1.29 is 0 Å². The fraction of sp³-hybridized carbons (Fsp3) is 1.00. The summed E-state index contributed by atoms with van der Waals surface area (Å²) in [5.74, 6) is 5.37. The highest BCUT2D eigenvalue weighted by Crippen LogP contribution is 2.57. The highest BCUT2D eigenvalue weighted by atomic mass is 14.5. The maximum absolute atomic E-state index is 2.47. The normalized spacial score (nSPS) is 37.0. The molecule has 0 aromatic rings. The Balaban J connectivity index is 1.71. The van der Waals surface area contributed by atoms with Gasteiger partial charge in [-0.3, -0.25) is 0 Å². The molecule has 0 nitrogen and oxygen atoms in total. The molecule has 2 rings (SSSR count). The van der Waals surface area contributed by atoms with Crippen LogP contribution >= 0.6 is 0 Å². The Morgan fingerprint density at radius 2 is 1.83 bits per heavy atom. The summed E-state index contributed by atoms with van der Waals surface area (Å²) in [7, 11) is 0. The minimum Gasteiger partial charge on any atom is -0.0628 e. The average molecular weight is 166 g/mol. The second-order valence-corrected chi connectivity index (χ2v) is 5.51. The van der Waals surface area contributed by atoms with Crippen molar-refractivity contribution in [2.75, 3.05) is 0 Å². The van der Waals surface area contributed by atoms with E-state index >= 15 is 0 Å². The minimum absolute atomic E-state index is 0.903. The summed E-state index contributed by atoms with van der Waals surface area (Å²) < 4.78 is 0. The van der Waals surface area contributed by atoms with Gasteiger partial charge in [-0.25, -0.2) is 0 Å². The Morgan fingerprint density at radius 1 is 1.17 bits per heavy atom. The van der Waals surface area contributed by atoms with Gasteiger partial charge in [0.2, 0.25) is 0 Å². The van der Waals surface area contributed by atoms with Crippen LogP contribution < -0.4 is 0 Å². The molecule has 0 aliphatic heterocycles. The van der Waals surface area contributed by atoms with Crippen molar-refractivity contribution in [2.24, 2.45) is 29.6 Å². The molecular weight excluding hydrogens is 144 g/mol. The lowest BCUT2D eigenvalue weighted by Gasteiger charge is -2.13. The zero-order valence-corrected chi connectivity index (χ0v) is 8.72. The van der Waals surface area contributed by atoms with Crippen LogP contribution in [0, 0.1) is 29.6 Å². The topological polar surface area (TPSA) is 0 Å². The fourth-order valence-corrected chi connectivity index (χ4v) is 2.87. The molecule has 0 saturated heterocycles. The summed E-state index contributed by atoms with van der Waals surface area (Å²) in [4.78, 5) is 0. The molecule has 0 bridgehead atoms. The Morgan fingerprint density at radius 3 is 2.33 bits per heavy atom. The molecule has 2 saturated carbocycles. The summed E-state index contributed by atoms with van der Waals surface area (Å²) in [5.41, 5.74) is 0. The van der Waals surface area contributed by atoms with Crippen molar-refractivity contribution in [1.82, 2.24) is 0 Å². The molecule has 70 valence electrons. The first-order chi connectivity index (χ1) is 5.68. The van der Waals surface area contributed by atoms with Gasteiger partial charge in [0.25, 0.3) is 0 Å². The predicted molar refractivity (Wildman–Crippen MR) is 52.9 cm³/mol. The maximum atomic E-state index is 2.47. The van der Waals surface area contributed by atoms with Gasteiger partial charge in [0, 0.05) is 0 Å². The molecule has 0 radical (unpaired) electrons. The lowest BCUT2D eigenvalue weighted by molar-refractivity contribution is 0.373. The Kier molecular flexibility index (Phi) is 2.18. The van der Waals surface area contributed by atoms with Crippen molar-refractivity contribution in [1.29, 1.82) is 0 Å². The van der Waals surface area contributed by atoms with Crippen molar-refractivity contribution in [3.8, 4) is 0 Å². The quantitative estimate of drug-likeness (QED) is 0.597. The van der Waals surface area contributed by atoms with Crippen molar-refractivity contribution in [2.45, 2.75) is 46.5 Å². The predicted octanol–water partition coefficient (Wildman–Crippen LogP) is 3.71. The van der Waals surface area contributed by atoms with Crippen LogP contribution in [0.2, 0.25) is 0 Å². The van der Waals surface area contributed by atoms with Crippen LogP contribution in [0.25, 0.3) is 0 Å². The van der Waals surface area contributed by atoms with Crippen molar-refractivity contribution >= 4 is 0 Å². The fourth-order valence-electron chi connectivity index (χ4n) is 2.87. The van der Waals surface area contributed by atoms with Crippen LogP contribution in [-0.2, 0) is 0 Å². The number of hydrogen-bond acceptors (Lipinski definition) is 0. The van der Waals surface area contributed by atoms with Gasteiger partial charge < -0.3 is 0 Å². The first-order valence-corrected chi connectivity index (χ1v) is 5.68. The monoisotopic (exact) mass is 166 g/mol. The van der Waals surface area contributed by atoms with Gasteiger partial charge in [-0.2, -0.15) is 0 Å². The third-order valence-corrected chi connectivity index (χ3v) is 3.69. The van der Waals surface area contributed by atoms with E-state index < -0.39 is 0 Å². The van der Waals surface area contributed by atoms with Gasteiger partial charge in [0.1, 0.15) is 0 Å². The third kappa shape index (κ3) is 1.84. The molecule has 0 heteroatoms. The van der Waals surface area contributed by atoms with Gasteiger partial charge in [-0.1, -0.05) is 20.8 Å². The van der Waals surface area contributed by atoms with Crippen LogP contribution in [0.5, 0.6) is 0 Å². The lowest BCUT2D eigenvalue weighted by atomic mass is 9.93. The van der Waals surface area contributed by atoms with Gasteiger partial charge in [0.15, 0.2) is 0 Å². The van der Waals surface area contributed by atoms with Crippen LogP contribution in [0.1, 0.15) is 46.5 Å². The first kappa shape index (κ1) is 8.59.